The minimum absolute atomic E-state index is 0.524. The number of likely N-dealkylation sites (N-methyl/N-ethyl adjacent to an activating group) is 1. The summed E-state index contributed by atoms with van der Waals surface area (Å²) >= 11 is 0. The van der Waals surface area contributed by atoms with Gasteiger partial charge < -0.3 is 57.1 Å². The molecule has 0 rings (SSSR count). The topological polar surface area (TPSA) is 114 Å². The molecule has 0 spiro atoms. The molecule has 0 aromatic carbocycles. The molecule has 0 saturated carbocycles. The molecule has 1 N–H and O–H groups in total. The van der Waals surface area contributed by atoms with E-state index in [1.54, 1.807) is 0 Å². The minimum atomic E-state index is -1.44. The van der Waals surface area contributed by atoms with Crippen molar-refractivity contribution in [3.05, 3.63) is 0 Å². The third kappa shape index (κ3) is 37.7. The molecule has 13 heteroatoms. The van der Waals surface area contributed by atoms with Crippen LogP contribution in [0.3, 0.4) is 0 Å². The molecule has 0 atom stereocenters. The Kier molecular flexibility index (Phi) is 32.0. The normalized spacial score (nSPS) is 12.0. The van der Waals surface area contributed by atoms with E-state index in [4.69, 9.17) is 51.8 Å². The van der Waals surface area contributed by atoms with Crippen molar-refractivity contribution in [2.24, 2.45) is 0 Å². The zero-order valence-corrected chi connectivity index (χ0v) is 26.0. The first-order valence-corrected chi connectivity index (χ1v) is 17.5. The quantitative estimate of drug-likeness (QED) is 0.0863. The molecule has 0 radical (unpaired) electrons. The summed E-state index contributed by atoms with van der Waals surface area (Å²) in [7, 11) is 0.452. The summed E-state index contributed by atoms with van der Waals surface area (Å²) in [5.41, 5.74) is 0. The van der Waals surface area contributed by atoms with Gasteiger partial charge in [-0.25, -0.2) is 0 Å². The second kappa shape index (κ2) is 32.3. The fraction of sp³-hybridized carbons (Fsp3) is 1.00. The van der Waals surface area contributed by atoms with Gasteiger partial charge in [0.05, 0.1) is 139 Å². The average Bonchev–Trinajstić information content (AvgIpc) is 2.90. The Bertz CT molecular complexity index is 462. The maximum absolute atomic E-state index is 5.71. The molecule has 0 bridgehead atoms. The largest absolute Gasteiger partial charge is 0.415 e. The molecule has 0 aromatic rings. The van der Waals surface area contributed by atoms with E-state index >= 15 is 0 Å². The first-order chi connectivity index (χ1) is 19.1. The third-order valence-electron chi connectivity index (χ3n) is 4.61. The van der Waals surface area contributed by atoms with Gasteiger partial charge in [-0.1, -0.05) is 0 Å². The Labute approximate surface area is 237 Å². The van der Waals surface area contributed by atoms with Gasteiger partial charge in [-0.2, -0.15) is 0 Å². The lowest BCUT2D eigenvalue weighted by Gasteiger charge is -2.16. The van der Waals surface area contributed by atoms with Crippen LogP contribution in [-0.2, 0) is 51.8 Å². The molecular formula is C26H57NO11Si. The SMILES string of the molecule is CNCCOCCOCCOCCOCCOCCOCCOCCOCCOCCOCCO[Si](C)(C)C. The van der Waals surface area contributed by atoms with Crippen molar-refractivity contribution in [1.82, 2.24) is 5.32 Å². The summed E-state index contributed by atoms with van der Waals surface area (Å²) in [4.78, 5) is 0. The second-order valence-corrected chi connectivity index (χ2v) is 13.7. The van der Waals surface area contributed by atoms with Crippen LogP contribution in [0.2, 0.25) is 19.6 Å². The van der Waals surface area contributed by atoms with Crippen molar-refractivity contribution in [3.63, 3.8) is 0 Å². The van der Waals surface area contributed by atoms with E-state index < -0.39 is 8.32 Å². The Morgan fingerprint density at radius 1 is 0.333 bits per heavy atom. The van der Waals surface area contributed by atoms with Gasteiger partial charge in [-0.3, -0.25) is 0 Å². The van der Waals surface area contributed by atoms with E-state index in [0.717, 1.165) is 6.54 Å². The van der Waals surface area contributed by atoms with E-state index in [0.29, 0.717) is 139 Å². The van der Waals surface area contributed by atoms with Gasteiger partial charge >= 0.3 is 0 Å². The Morgan fingerprint density at radius 3 is 0.744 bits per heavy atom. The minimum Gasteiger partial charge on any atom is -0.415 e. The van der Waals surface area contributed by atoms with Crippen LogP contribution in [0.4, 0.5) is 0 Å². The zero-order valence-electron chi connectivity index (χ0n) is 25.0. The van der Waals surface area contributed by atoms with E-state index in [-0.39, 0.29) is 0 Å². The van der Waals surface area contributed by atoms with Crippen LogP contribution < -0.4 is 5.32 Å². The van der Waals surface area contributed by atoms with E-state index in [1.807, 2.05) is 7.05 Å². The predicted molar refractivity (Wildman–Crippen MR) is 151 cm³/mol. The van der Waals surface area contributed by atoms with Gasteiger partial charge in [0.15, 0.2) is 8.32 Å². The Balaban J connectivity index is 3.04. The lowest BCUT2D eigenvalue weighted by atomic mass is 10.6. The summed E-state index contributed by atoms with van der Waals surface area (Å²) in [6.45, 7) is 19.1. The second-order valence-electron chi connectivity index (χ2n) is 9.19. The zero-order chi connectivity index (χ0) is 28.5. The Morgan fingerprint density at radius 2 is 0.538 bits per heavy atom. The van der Waals surface area contributed by atoms with E-state index in [9.17, 15) is 0 Å². The highest BCUT2D eigenvalue weighted by atomic mass is 28.4. The number of rotatable bonds is 34. The summed E-state index contributed by atoms with van der Waals surface area (Å²) in [6.07, 6.45) is 0. The average molecular weight is 588 g/mol. The standard InChI is InChI=1S/C26H57NO11Si/c1-27-5-6-28-7-8-29-9-10-30-11-12-31-13-14-32-15-16-33-17-18-34-19-20-35-21-22-36-23-24-37-25-26-38-39(2,3)4/h27H,5-26H2,1-4H3. The van der Waals surface area contributed by atoms with Gasteiger partial charge in [-0.05, 0) is 26.7 Å². The molecule has 0 aliphatic rings. The summed E-state index contributed by atoms with van der Waals surface area (Å²) in [5, 5.41) is 3.02. The van der Waals surface area contributed by atoms with Gasteiger partial charge in [0.1, 0.15) is 0 Å². The van der Waals surface area contributed by atoms with E-state index in [1.165, 1.54) is 0 Å². The van der Waals surface area contributed by atoms with Crippen molar-refractivity contribution in [2.75, 3.05) is 152 Å². The fourth-order valence-corrected chi connectivity index (χ4v) is 3.36. The summed E-state index contributed by atoms with van der Waals surface area (Å²) in [6, 6.07) is 0. The molecule has 0 amide bonds. The molecule has 0 aliphatic heterocycles. The van der Waals surface area contributed by atoms with Crippen LogP contribution in [0.1, 0.15) is 0 Å². The van der Waals surface area contributed by atoms with Gasteiger partial charge in [0, 0.05) is 6.54 Å². The van der Waals surface area contributed by atoms with Crippen LogP contribution in [0.25, 0.3) is 0 Å². The molecular weight excluding hydrogens is 530 g/mol. The molecule has 0 fully saturated rings. The first kappa shape index (κ1) is 38.7. The van der Waals surface area contributed by atoms with E-state index in [2.05, 4.69) is 25.0 Å². The van der Waals surface area contributed by atoms with Gasteiger partial charge in [0.25, 0.3) is 0 Å². The molecule has 12 nitrogen and oxygen atoms in total. The van der Waals surface area contributed by atoms with Crippen LogP contribution in [0, 0.1) is 0 Å². The number of hydrogen-bond acceptors (Lipinski definition) is 12. The van der Waals surface area contributed by atoms with Crippen molar-refractivity contribution in [1.29, 1.82) is 0 Å². The molecule has 236 valence electrons. The maximum Gasteiger partial charge on any atom is 0.183 e. The third-order valence-corrected chi connectivity index (χ3v) is 5.68. The molecule has 0 aromatic heterocycles. The van der Waals surface area contributed by atoms with Gasteiger partial charge in [-0.15, -0.1) is 0 Å². The first-order valence-electron chi connectivity index (χ1n) is 14.1. The van der Waals surface area contributed by atoms with Crippen molar-refractivity contribution < 1.29 is 51.8 Å². The van der Waals surface area contributed by atoms with Crippen LogP contribution in [0.15, 0.2) is 0 Å². The van der Waals surface area contributed by atoms with Gasteiger partial charge in [0.2, 0.25) is 0 Å². The van der Waals surface area contributed by atoms with Crippen molar-refractivity contribution in [2.45, 2.75) is 19.6 Å². The molecule has 0 aliphatic carbocycles. The molecule has 39 heavy (non-hydrogen) atoms. The van der Waals surface area contributed by atoms with Crippen LogP contribution in [-0.4, -0.2) is 161 Å². The van der Waals surface area contributed by atoms with Crippen LogP contribution >= 0.6 is 0 Å². The summed E-state index contributed by atoms with van der Waals surface area (Å²) < 4.78 is 60.2. The highest BCUT2D eigenvalue weighted by Gasteiger charge is 2.13. The number of hydrogen-bond donors (Lipinski definition) is 1. The highest BCUT2D eigenvalue weighted by molar-refractivity contribution is 6.69. The highest BCUT2D eigenvalue weighted by Crippen LogP contribution is 2.01. The molecule has 0 saturated heterocycles. The Hall–Kier alpha value is -0.263. The van der Waals surface area contributed by atoms with Crippen LogP contribution in [0.5, 0.6) is 0 Å². The van der Waals surface area contributed by atoms with Crippen molar-refractivity contribution >= 4 is 8.32 Å². The number of nitrogens with one attached hydrogen (secondary N) is 1. The lowest BCUT2D eigenvalue weighted by molar-refractivity contribution is -0.0266. The lowest BCUT2D eigenvalue weighted by Crippen LogP contribution is -2.27. The summed E-state index contributed by atoms with van der Waals surface area (Å²) in [5.74, 6) is 0. The van der Waals surface area contributed by atoms with Crippen molar-refractivity contribution in [3.8, 4) is 0 Å². The number of ether oxygens (including phenoxy) is 10. The molecule has 0 heterocycles. The predicted octanol–water partition coefficient (Wildman–Crippen LogP) is 1.22. The maximum atomic E-state index is 5.71. The molecule has 0 unspecified atom stereocenters. The monoisotopic (exact) mass is 587 g/mol. The fourth-order valence-electron chi connectivity index (χ4n) is 2.66. The smallest absolute Gasteiger partial charge is 0.183 e.